The second-order valence-corrected chi connectivity index (χ2v) is 4.68. The summed E-state index contributed by atoms with van der Waals surface area (Å²) in [5.41, 5.74) is -0.177. The molecule has 1 amide bonds. The molecule has 0 saturated heterocycles. The maximum absolute atomic E-state index is 11.5. The topological polar surface area (TPSA) is 78.4 Å². The first-order valence-electron chi connectivity index (χ1n) is 4.94. The average Bonchev–Trinajstić information content (AvgIpc) is 2.00. The summed E-state index contributed by atoms with van der Waals surface area (Å²) in [6, 6.07) is -1.27. The Hall–Kier alpha value is -1.10. The van der Waals surface area contributed by atoms with Crippen molar-refractivity contribution in [1.29, 1.82) is 0 Å². The molecule has 5 nitrogen and oxygen atoms in total. The van der Waals surface area contributed by atoms with Crippen molar-refractivity contribution in [2.45, 2.75) is 52.2 Å². The maximum Gasteiger partial charge on any atom is 0.325 e. The summed E-state index contributed by atoms with van der Waals surface area (Å²) in [6.07, 6.45) is 0. The number of hydrogen-bond donors (Lipinski definition) is 3. The first-order valence-corrected chi connectivity index (χ1v) is 4.94. The minimum atomic E-state index is -1.04. The first-order chi connectivity index (χ1) is 6.63. The second kappa shape index (κ2) is 5.11. The largest absolute Gasteiger partial charge is 0.480 e. The molecular formula is C10H20N2O3. The molecule has 0 aliphatic heterocycles. The fraction of sp³-hybridized carbons (Fsp3) is 0.800. The minimum Gasteiger partial charge on any atom is -0.480 e. The Morgan fingerprint density at radius 3 is 1.93 bits per heavy atom. The van der Waals surface area contributed by atoms with Gasteiger partial charge in [0.2, 0.25) is 5.91 Å². The SMILES string of the molecule is C[C@H](NC(=O)[C@H](C)NC(C)(C)C)C(=O)O. The van der Waals surface area contributed by atoms with Gasteiger partial charge in [-0.05, 0) is 34.6 Å². The van der Waals surface area contributed by atoms with Crippen LogP contribution in [0.2, 0.25) is 0 Å². The lowest BCUT2D eigenvalue weighted by Crippen LogP contribution is -2.52. The summed E-state index contributed by atoms with van der Waals surface area (Å²) >= 11 is 0. The van der Waals surface area contributed by atoms with E-state index in [-0.39, 0.29) is 11.4 Å². The molecule has 0 saturated carbocycles. The first kappa shape index (κ1) is 13.9. The highest BCUT2D eigenvalue weighted by atomic mass is 16.4. The van der Waals surface area contributed by atoms with Crippen LogP contribution in [0.4, 0.5) is 0 Å². The minimum absolute atomic E-state index is 0.177. The molecule has 0 aromatic carbocycles. The van der Waals surface area contributed by atoms with Crippen molar-refractivity contribution in [3.8, 4) is 0 Å². The number of nitrogens with one attached hydrogen (secondary N) is 2. The molecule has 0 aliphatic carbocycles. The molecule has 0 rings (SSSR count). The van der Waals surface area contributed by atoms with Crippen LogP contribution in [0.3, 0.4) is 0 Å². The zero-order chi connectivity index (χ0) is 12.2. The van der Waals surface area contributed by atoms with Crippen molar-refractivity contribution >= 4 is 11.9 Å². The number of aliphatic carboxylic acids is 1. The van der Waals surface area contributed by atoms with Crippen molar-refractivity contribution in [2.24, 2.45) is 0 Å². The summed E-state index contributed by atoms with van der Waals surface area (Å²) in [4.78, 5) is 22.0. The lowest BCUT2D eigenvalue weighted by Gasteiger charge is -2.25. The lowest BCUT2D eigenvalue weighted by atomic mass is 10.1. The fourth-order valence-electron chi connectivity index (χ4n) is 1.12. The monoisotopic (exact) mass is 216 g/mol. The highest BCUT2D eigenvalue weighted by Crippen LogP contribution is 2.01. The van der Waals surface area contributed by atoms with Gasteiger partial charge in [0, 0.05) is 5.54 Å². The van der Waals surface area contributed by atoms with Crippen LogP contribution in [0, 0.1) is 0 Å². The van der Waals surface area contributed by atoms with Crippen LogP contribution in [0.25, 0.3) is 0 Å². The van der Waals surface area contributed by atoms with E-state index in [4.69, 9.17) is 5.11 Å². The molecule has 88 valence electrons. The summed E-state index contributed by atoms with van der Waals surface area (Å²) in [7, 11) is 0. The Bertz CT molecular complexity index is 246. The second-order valence-electron chi connectivity index (χ2n) is 4.68. The molecule has 0 heterocycles. The molecule has 15 heavy (non-hydrogen) atoms. The summed E-state index contributed by atoms with van der Waals surface area (Å²) in [5, 5.41) is 14.1. The van der Waals surface area contributed by atoms with Gasteiger partial charge in [0.1, 0.15) is 6.04 Å². The van der Waals surface area contributed by atoms with Gasteiger partial charge < -0.3 is 15.7 Å². The molecule has 0 aromatic rings. The van der Waals surface area contributed by atoms with Crippen LogP contribution >= 0.6 is 0 Å². The number of carboxylic acid groups (broad SMARTS) is 1. The van der Waals surface area contributed by atoms with Crippen molar-refractivity contribution in [3.63, 3.8) is 0 Å². The van der Waals surface area contributed by atoms with Crippen molar-refractivity contribution < 1.29 is 14.7 Å². The van der Waals surface area contributed by atoms with Crippen LogP contribution in [0.5, 0.6) is 0 Å². The molecule has 0 radical (unpaired) electrons. The molecule has 2 atom stereocenters. The fourth-order valence-corrected chi connectivity index (χ4v) is 1.12. The van der Waals surface area contributed by atoms with Crippen molar-refractivity contribution in [3.05, 3.63) is 0 Å². The van der Waals surface area contributed by atoms with Gasteiger partial charge in [-0.15, -0.1) is 0 Å². The van der Waals surface area contributed by atoms with E-state index in [2.05, 4.69) is 10.6 Å². The quantitative estimate of drug-likeness (QED) is 0.633. The Balaban J connectivity index is 4.17. The van der Waals surface area contributed by atoms with Crippen LogP contribution in [-0.4, -0.2) is 34.6 Å². The highest BCUT2D eigenvalue weighted by Gasteiger charge is 2.22. The Labute approximate surface area is 90.2 Å². The van der Waals surface area contributed by atoms with Gasteiger partial charge in [0.15, 0.2) is 0 Å². The van der Waals surface area contributed by atoms with Gasteiger partial charge in [-0.3, -0.25) is 9.59 Å². The van der Waals surface area contributed by atoms with Gasteiger partial charge in [-0.1, -0.05) is 0 Å². The van der Waals surface area contributed by atoms with Crippen LogP contribution in [-0.2, 0) is 9.59 Å². The molecule has 0 aromatic heterocycles. The Kier molecular flexibility index (Phi) is 4.74. The van der Waals surface area contributed by atoms with Crippen molar-refractivity contribution in [1.82, 2.24) is 10.6 Å². The predicted octanol–water partition coefficient (Wildman–Crippen LogP) is 0.352. The molecule has 3 N–H and O–H groups in total. The third kappa shape index (κ3) is 6.06. The molecule has 0 bridgehead atoms. The van der Waals surface area contributed by atoms with E-state index >= 15 is 0 Å². The van der Waals surface area contributed by atoms with Gasteiger partial charge >= 0.3 is 5.97 Å². The number of rotatable bonds is 4. The van der Waals surface area contributed by atoms with Crippen LogP contribution < -0.4 is 10.6 Å². The standard InChI is InChI=1S/C10H20N2O3/c1-6(12-10(3,4)5)8(13)11-7(2)9(14)15/h6-7,12H,1-5H3,(H,11,13)(H,14,15)/t6-,7-/m0/s1. The molecule has 0 fully saturated rings. The molecule has 0 unspecified atom stereocenters. The molecular weight excluding hydrogens is 196 g/mol. The average molecular weight is 216 g/mol. The number of amides is 1. The Morgan fingerprint density at radius 1 is 1.13 bits per heavy atom. The predicted molar refractivity (Wildman–Crippen MR) is 57.6 cm³/mol. The zero-order valence-electron chi connectivity index (χ0n) is 9.92. The summed E-state index contributed by atoms with van der Waals surface area (Å²) in [5.74, 6) is -1.34. The van der Waals surface area contributed by atoms with E-state index in [1.807, 2.05) is 20.8 Å². The van der Waals surface area contributed by atoms with Gasteiger partial charge in [0.05, 0.1) is 6.04 Å². The summed E-state index contributed by atoms with van der Waals surface area (Å²) < 4.78 is 0. The number of carbonyl (C=O) groups is 2. The van der Waals surface area contributed by atoms with E-state index in [9.17, 15) is 9.59 Å². The summed E-state index contributed by atoms with van der Waals surface area (Å²) in [6.45, 7) is 8.96. The molecule has 0 aliphatic rings. The number of hydrogen-bond acceptors (Lipinski definition) is 3. The van der Waals surface area contributed by atoms with E-state index in [1.165, 1.54) is 6.92 Å². The zero-order valence-corrected chi connectivity index (χ0v) is 9.92. The number of carboxylic acids is 1. The third-order valence-corrected chi connectivity index (χ3v) is 1.77. The van der Waals surface area contributed by atoms with Crippen LogP contribution in [0.15, 0.2) is 0 Å². The van der Waals surface area contributed by atoms with Gasteiger partial charge in [-0.2, -0.15) is 0 Å². The highest BCUT2D eigenvalue weighted by molar-refractivity contribution is 5.86. The van der Waals surface area contributed by atoms with E-state index in [1.54, 1.807) is 6.92 Å². The molecule has 0 spiro atoms. The lowest BCUT2D eigenvalue weighted by molar-refractivity contribution is -0.141. The third-order valence-electron chi connectivity index (χ3n) is 1.77. The normalized spacial score (nSPS) is 15.5. The number of carbonyl (C=O) groups excluding carboxylic acids is 1. The maximum atomic E-state index is 11.5. The smallest absolute Gasteiger partial charge is 0.325 e. The van der Waals surface area contributed by atoms with Crippen LogP contribution in [0.1, 0.15) is 34.6 Å². The van der Waals surface area contributed by atoms with Gasteiger partial charge in [-0.25, -0.2) is 0 Å². The van der Waals surface area contributed by atoms with E-state index in [0.717, 1.165) is 0 Å². The van der Waals surface area contributed by atoms with Crippen molar-refractivity contribution in [2.75, 3.05) is 0 Å². The van der Waals surface area contributed by atoms with E-state index < -0.39 is 18.1 Å². The molecule has 5 heteroatoms. The van der Waals surface area contributed by atoms with Gasteiger partial charge in [0.25, 0.3) is 0 Å². The van der Waals surface area contributed by atoms with E-state index in [0.29, 0.717) is 0 Å². The Morgan fingerprint density at radius 2 is 1.60 bits per heavy atom.